The third-order valence-corrected chi connectivity index (χ3v) is 0. The number of rotatable bonds is 0. The standard InChI is InChI=1S/Ca.Cu.Fe.K.Mg.Mn.Na.H3P.Zn/h;;;;;;;1H3;. The Morgan fingerprint density at radius 1 is 1.00 bits per heavy atom. The molecule has 0 saturated heterocycles. The van der Waals surface area contributed by atoms with Crippen LogP contribution in [-0.2, 0) is 70.7 Å². The molecule has 9 heteroatoms. The van der Waals surface area contributed by atoms with Crippen LogP contribution in [0.4, 0.5) is 0 Å². The molecule has 8 radical (unpaired) electrons. The van der Waals surface area contributed by atoms with Crippen LogP contribution in [0.5, 0.6) is 0 Å². The first-order chi connectivity index (χ1) is 0. The summed E-state index contributed by atoms with van der Waals surface area (Å²) in [5, 5.41) is 0. The summed E-state index contributed by atoms with van der Waals surface area (Å²) in [6.45, 7) is 0. The molecule has 0 spiro atoms. The van der Waals surface area contributed by atoms with E-state index in [0.29, 0.717) is 0 Å². The van der Waals surface area contributed by atoms with Crippen molar-refractivity contribution in [3.63, 3.8) is 0 Å². The van der Waals surface area contributed by atoms with Crippen LogP contribution in [0.25, 0.3) is 0 Å². The van der Waals surface area contributed by atoms with Gasteiger partial charge in [-0.15, -0.1) is 0 Å². The minimum absolute atomic E-state index is 0. The zero-order chi connectivity index (χ0) is 0. The van der Waals surface area contributed by atoms with Gasteiger partial charge in [0, 0.05) is 212 Å². The Labute approximate surface area is 216 Å². The molecule has 0 aliphatic carbocycles. The third-order valence-electron chi connectivity index (χ3n) is 0. The molecule has 0 fully saturated rings. The average Bonchev–Trinajstić information content (AvgIpc) is 0. The molecule has 0 aromatic carbocycles. The maximum absolute atomic E-state index is 0. The molecule has 0 amide bonds. The van der Waals surface area contributed by atoms with Crippen molar-refractivity contribution in [3.05, 3.63) is 0 Å². The van der Waals surface area contributed by atoms with Gasteiger partial charge in [0.05, 0.1) is 0 Å². The molecule has 0 heterocycles. The van der Waals surface area contributed by atoms with Crippen molar-refractivity contribution in [1.82, 2.24) is 0 Å². The molecule has 0 bridgehead atoms. The van der Waals surface area contributed by atoms with E-state index in [2.05, 4.69) is 0 Å². The van der Waals surface area contributed by atoms with Gasteiger partial charge in [0.2, 0.25) is 0 Å². The first kappa shape index (κ1) is 71.8. The van der Waals surface area contributed by atoms with Crippen LogP contribution < -0.4 is 0 Å². The molecule has 1 atom stereocenters. The van der Waals surface area contributed by atoms with Crippen molar-refractivity contribution in [2.75, 3.05) is 0 Å². The Bertz CT molecular complexity index is 28.5. The van der Waals surface area contributed by atoms with Gasteiger partial charge >= 0.3 is 0 Å². The van der Waals surface area contributed by atoms with E-state index in [1.807, 2.05) is 0 Å². The van der Waals surface area contributed by atoms with E-state index in [9.17, 15) is 0 Å². The first-order valence-electron chi connectivity index (χ1n) is 0. The summed E-state index contributed by atoms with van der Waals surface area (Å²) in [6, 6.07) is 0. The van der Waals surface area contributed by atoms with Crippen molar-refractivity contribution in [1.29, 1.82) is 0 Å². The summed E-state index contributed by atoms with van der Waals surface area (Å²) in [7, 11) is 0. The van der Waals surface area contributed by atoms with Gasteiger partial charge in [0.25, 0.3) is 0 Å². The Balaban J connectivity index is 0. The van der Waals surface area contributed by atoms with E-state index in [1.54, 1.807) is 0 Å². The van der Waals surface area contributed by atoms with Gasteiger partial charge in [-0.05, 0) is 0 Å². The monoisotopic (exact) mass is 398 g/mol. The van der Waals surface area contributed by atoms with E-state index in [-0.39, 0.29) is 222 Å². The molecule has 42 valence electrons. The number of hydrogen-bond acceptors (Lipinski definition) is 0. The van der Waals surface area contributed by atoms with E-state index in [1.165, 1.54) is 0 Å². The van der Waals surface area contributed by atoms with Gasteiger partial charge in [-0.2, -0.15) is 9.90 Å². The minimum atomic E-state index is 0. The van der Waals surface area contributed by atoms with E-state index in [4.69, 9.17) is 0 Å². The molecule has 0 aliphatic rings. The zero-order valence-electron chi connectivity index (χ0n) is 5.86. The molecule has 0 aromatic heterocycles. The molecule has 0 aromatic rings. The van der Waals surface area contributed by atoms with Crippen molar-refractivity contribution in [2.24, 2.45) is 0 Å². The average molecular weight is 400 g/mol. The van der Waals surface area contributed by atoms with Gasteiger partial charge < -0.3 is 0 Å². The van der Waals surface area contributed by atoms with Gasteiger partial charge in [-0.25, -0.2) is 0 Å². The van der Waals surface area contributed by atoms with Crippen LogP contribution in [-0.4, -0.2) is 142 Å². The summed E-state index contributed by atoms with van der Waals surface area (Å²) >= 11 is 0. The molecular formula is H3CaCuFeKMgMnNaPZn. The predicted molar refractivity (Wildman–Crippen MR) is 34.1 cm³/mol. The van der Waals surface area contributed by atoms with Crippen molar-refractivity contribution >= 4 is 152 Å². The summed E-state index contributed by atoms with van der Waals surface area (Å²) in [6.07, 6.45) is 0. The summed E-state index contributed by atoms with van der Waals surface area (Å²) < 4.78 is 0. The van der Waals surface area contributed by atoms with Crippen molar-refractivity contribution in [2.45, 2.75) is 0 Å². The van der Waals surface area contributed by atoms with E-state index >= 15 is 0 Å². The van der Waals surface area contributed by atoms with Crippen molar-refractivity contribution < 1.29 is 70.7 Å². The third kappa shape index (κ3) is 50.9. The molecule has 0 rings (SSSR count). The quantitative estimate of drug-likeness (QED) is 0.344. The summed E-state index contributed by atoms with van der Waals surface area (Å²) in [5.41, 5.74) is 0. The van der Waals surface area contributed by atoms with Crippen molar-refractivity contribution in [3.8, 4) is 0 Å². The Kier molecular flexibility index (Phi) is 469. The van der Waals surface area contributed by atoms with Crippen LogP contribution in [0.3, 0.4) is 0 Å². The smallest absolute Gasteiger partial charge is 0 e. The maximum atomic E-state index is 0. The number of hydrogen-bond donors (Lipinski definition) is 0. The largest absolute Gasteiger partial charge is 0.153 e. The Morgan fingerprint density at radius 2 is 1.00 bits per heavy atom. The molecule has 0 nitrogen and oxygen atoms in total. The molecule has 0 aliphatic heterocycles. The first-order valence-corrected chi connectivity index (χ1v) is 0. The van der Waals surface area contributed by atoms with Gasteiger partial charge in [-0.1, -0.05) is 0 Å². The van der Waals surface area contributed by atoms with E-state index in [0.717, 1.165) is 0 Å². The second-order valence-corrected chi connectivity index (χ2v) is 0. The normalized spacial score (nSPS) is 0. The molecule has 0 saturated carbocycles. The Hall–Kier alpha value is 7.27. The van der Waals surface area contributed by atoms with Gasteiger partial charge in [0.1, 0.15) is 0 Å². The topological polar surface area (TPSA) is 0 Å². The SMILES string of the molecule is P.[Ca].[Cu].[Fe].[K].[Mg].[Mn].[Na].[Zn]. The van der Waals surface area contributed by atoms with Gasteiger partial charge in [0.15, 0.2) is 0 Å². The van der Waals surface area contributed by atoms with E-state index < -0.39 is 0 Å². The summed E-state index contributed by atoms with van der Waals surface area (Å²) in [5.74, 6) is 0. The zero-order valence-corrected chi connectivity index (χ0v) is 22.2. The molecular weight excluding hydrogens is 397 g/mol. The van der Waals surface area contributed by atoms with Crippen LogP contribution in [0.15, 0.2) is 0 Å². The van der Waals surface area contributed by atoms with Crippen LogP contribution >= 0.6 is 9.90 Å². The fourth-order valence-electron chi connectivity index (χ4n) is 0. The molecule has 9 heavy (non-hydrogen) atoms. The minimum Gasteiger partial charge on any atom is -0.153 e. The van der Waals surface area contributed by atoms with Crippen LogP contribution in [0.1, 0.15) is 0 Å². The molecule has 0 N–H and O–H groups in total. The maximum Gasteiger partial charge on any atom is 0 e. The Morgan fingerprint density at radius 3 is 1.00 bits per heavy atom. The van der Waals surface area contributed by atoms with Gasteiger partial charge in [-0.3, -0.25) is 0 Å². The van der Waals surface area contributed by atoms with Crippen LogP contribution in [0.2, 0.25) is 0 Å². The second-order valence-electron chi connectivity index (χ2n) is 0. The fraction of sp³-hybridized carbons (Fsp3) is 0. The fourth-order valence-corrected chi connectivity index (χ4v) is 0. The van der Waals surface area contributed by atoms with Crippen LogP contribution in [0, 0.1) is 0 Å². The predicted octanol–water partition coefficient (Wildman–Crippen LogP) is -1.48. The second kappa shape index (κ2) is 58.8. The summed E-state index contributed by atoms with van der Waals surface area (Å²) in [4.78, 5) is 0. The molecule has 1 unspecified atom stereocenters.